The molecule has 0 saturated carbocycles. The summed E-state index contributed by atoms with van der Waals surface area (Å²) in [6, 6.07) is 5.69. The van der Waals surface area contributed by atoms with Crippen molar-refractivity contribution in [3.05, 3.63) is 35.2 Å². The fourth-order valence-electron chi connectivity index (χ4n) is 4.27. The summed E-state index contributed by atoms with van der Waals surface area (Å²) < 4.78 is 2.99. The highest BCUT2D eigenvalue weighted by atomic mass is 79.9. The molecule has 0 aliphatic carbocycles. The van der Waals surface area contributed by atoms with Gasteiger partial charge in [0.05, 0.1) is 5.69 Å². The average molecular weight is 395 g/mol. The van der Waals surface area contributed by atoms with Gasteiger partial charge in [0.1, 0.15) is 10.4 Å². The predicted octanol–water partition coefficient (Wildman–Crippen LogP) is 6.04. The second-order valence-electron chi connectivity index (χ2n) is 7.17. The maximum Gasteiger partial charge on any atom is 0.168 e. The molecule has 0 bridgehead atoms. The van der Waals surface area contributed by atoms with Gasteiger partial charge in [0.15, 0.2) is 8.24 Å². The van der Waals surface area contributed by atoms with Crippen LogP contribution in [0.1, 0.15) is 41.5 Å². The Morgan fingerprint density at radius 3 is 2.04 bits per heavy atom. The van der Waals surface area contributed by atoms with E-state index in [2.05, 4.69) is 85.1 Å². The van der Waals surface area contributed by atoms with E-state index in [9.17, 15) is 5.11 Å². The van der Waals surface area contributed by atoms with Crippen LogP contribution < -0.4 is 0 Å². The number of hydrogen-bond acceptors (Lipinski definition) is 2. The van der Waals surface area contributed by atoms with Crippen LogP contribution in [0.15, 0.2) is 35.2 Å². The van der Waals surface area contributed by atoms with Crippen LogP contribution in [0.2, 0.25) is 16.6 Å². The third-order valence-corrected chi connectivity index (χ3v) is 12.3. The van der Waals surface area contributed by atoms with Gasteiger partial charge in [-0.2, -0.15) is 0 Å². The van der Waals surface area contributed by atoms with Gasteiger partial charge in [0.25, 0.3) is 0 Å². The predicted molar refractivity (Wildman–Crippen MR) is 103 cm³/mol. The van der Waals surface area contributed by atoms with Crippen molar-refractivity contribution in [3.63, 3.8) is 0 Å². The van der Waals surface area contributed by atoms with Gasteiger partial charge in [0.2, 0.25) is 0 Å². The lowest BCUT2D eigenvalue weighted by Crippen LogP contribution is -2.51. The van der Waals surface area contributed by atoms with E-state index < -0.39 is 8.24 Å². The van der Waals surface area contributed by atoms with Crippen LogP contribution >= 0.6 is 15.9 Å². The molecule has 0 aliphatic rings. The maximum atomic E-state index is 9.64. The molecule has 0 saturated heterocycles. The van der Waals surface area contributed by atoms with Crippen molar-refractivity contribution in [1.29, 1.82) is 0 Å². The number of hydrogen-bond donors (Lipinski definition) is 1. The number of halogens is 1. The van der Waals surface area contributed by atoms with E-state index in [0.717, 1.165) is 11.3 Å². The van der Waals surface area contributed by atoms with Gasteiger partial charge in [0, 0.05) is 11.8 Å². The molecular formula is C18H27BrN2OSi. The molecule has 2 aromatic rings. The number of pyridine rings is 1. The topological polar surface area (TPSA) is 38.0 Å². The van der Waals surface area contributed by atoms with E-state index in [0.29, 0.717) is 21.2 Å². The van der Waals surface area contributed by atoms with Crippen molar-refractivity contribution in [3.8, 4) is 17.0 Å². The smallest absolute Gasteiger partial charge is 0.168 e. The molecule has 0 radical (unpaired) electrons. The summed E-state index contributed by atoms with van der Waals surface area (Å²) in [5, 5.41) is 9.64. The Kier molecular flexibility index (Phi) is 5.41. The van der Waals surface area contributed by atoms with Crippen molar-refractivity contribution in [2.45, 2.75) is 58.2 Å². The quantitative estimate of drug-likeness (QED) is 0.495. The maximum absolute atomic E-state index is 9.64. The highest BCUT2D eigenvalue weighted by Crippen LogP contribution is 2.43. The second kappa shape index (κ2) is 6.81. The first-order valence-corrected chi connectivity index (χ1v) is 11.2. The van der Waals surface area contributed by atoms with Gasteiger partial charge >= 0.3 is 0 Å². The Morgan fingerprint density at radius 2 is 1.57 bits per heavy atom. The van der Waals surface area contributed by atoms with Gasteiger partial charge in [-0.3, -0.25) is 0 Å². The average Bonchev–Trinajstić information content (AvgIpc) is 2.91. The number of aromatic nitrogens is 2. The number of nitrogens with zero attached hydrogens (tertiary/aromatic N) is 2. The molecule has 0 spiro atoms. The van der Waals surface area contributed by atoms with Gasteiger partial charge < -0.3 is 9.34 Å². The Labute approximate surface area is 149 Å². The Balaban J connectivity index is 2.52. The summed E-state index contributed by atoms with van der Waals surface area (Å²) in [5.41, 5.74) is 3.95. The molecule has 0 aromatic carbocycles. The summed E-state index contributed by atoms with van der Waals surface area (Å²) in [7, 11) is -1.71. The third kappa shape index (κ3) is 3.13. The number of rotatable bonds is 5. The SMILES string of the molecule is CC(C)[Si](C(C)C)(C(C)C)n1ccc(-c2ccc(O)c(Br)n2)c1. The first-order chi connectivity index (χ1) is 10.7. The van der Waals surface area contributed by atoms with Gasteiger partial charge in [-0.25, -0.2) is 4.98 Å². The summed E-state index contributed by atoms with van der Waals surface area (Å²) >= 11 is 3.30. The standard InChI is InChI=1S/C18H27BrN2OSi/c1-12(2)23(13(3)4,14(5)6)21-10-9-15(11-21)16-7-8-17(22)18(19)20-16/h7-14,22H,1-6H3. The lowest BCUT2D eigenvalue weighted by atomic mass is 10.2. The zero-order valence-corrected chi connectivity index (χ0v) is 17.4. The van der Waals surface area contributed by atoms with Crippen molar-refractivity contribution >= 4 is 24.2 Å². The molecular weight excluding hydrogens is 368 g/mol. The highest BCUT2D eigenvalue weighted by Gasteiger charge is 2.44. The van der Waals surface area contributed by atoms with Crippen LogP contribution in [0.25, 0.3) is 11.3 Å². The molecule has 23 heavy (non-hydrogen) atoms. The minimum absolute atomic E-state index is 0.170. The first-order valence-electron chi connectivity index (χ1n) is 8.25. The Bertz CT molecular complexity index is 658. The van der Waals surface area contributed by atoms with Crippen LogP contribution in [-0.4, -0.2) is 22.6 Å². The van der Waals surface area contributed by atoms with Crippen molar-refractivity contribution in [1.82, 2.24) is 9.22 Å². The molecule has 1 N–H and O–H groups in total. The molecule has 2 rings (SSSR count). The van der Waals surface area contributed by atoms with Crippen LogP contribution in [0.5, 0.6) is 5.75 Å². The van der Waals surface area contributed by atoms with Crippen LogP contribution in [0, 0.1) is 0 Å². The van der Waals surface area contributed by atoms with E-state index in [1.807, 2.05) is 6.07 Å². The van der Waals surface area contributed by atoms with Crippen molar-refractivity contribution in [2.75, 3.05) is 0 Å². The van der Waals surface area contributed by atoms with Gasteiger partial charge in [-0.15, -0.1) is 0 Å². The highest BCUT2D eigenvalue weighted by molar-refractivity contribution is 9.10. The minimum atomic E-state index is -1.71. The Hall–Kier alpha value is -1.07. The van der Waals surface area contributed by atoms with E-state index in [-0.39, 0.29) is 5.75 Å². The number of aromatic hydroxyl groups is 1. The summed E-state index contributed by atoms with van der Waals surface area (Å²) in [5.74, 6) is 0.170. The summed E-state index contributed by atoms with van der Waals surface area (Å²) in [4.78, 5) is 4.44. The Morgan fingerprint density at radius 1 is 1.00 bits per heavy atom. The molecule has 5 heteroatoms. The molecule has 0 fully saturated rings. The zero-order chi connectivity index (χ0) is 17.4. The lowest BCUT2D eigenvalue weighted by Gasteiger charge is -2.44. The van der Waals surface area contributed by atoms with Crippen LogP contribution in [0.3, 0.4) is 0 Å². The van der Waals surface area contributed by atoms with E-state index >= 15 is 0 Å². The van der Waals surface area contributed by atoms with Crippen LogP contribution in [0.4, 0.5) is 0 Å². The molecule has 0 unspecified atom stereocenters. The third-order valence-electron chi connectivity index (χ3n) is 5.04. The molecule has 2 heterocycles. The van der Waals surface area contributed by atoms with Crippen LogP contribution in [-0.2, 0) is 0 Å². The fourth-order valence-corrected chi connectivity index (χ4v) is 11.1. The fraction of sp³-hybridized carbons (Fsp3) is 0.500. The van der Waals surface area contributed by atoms with E-state index in [4.69, 9.17) is 0 Å². The molecule has 3 nitrogen and oxygen atoms in total. The van der Waals surface area contributed by atoms with E-state index in [1.54, 1.807) is 6.07 Å². The normalized spacial score (nSPS) is 12.6. The van der Waals surface area contributed by atoms with E-state index in [1.165, 1.54) is 0 Å². The second-order valence-corrected chi connectivity index (χ2v) is 13.7. The molecule has 2 aromatic heterocycles. The molecule has 0 aliphatic heterocycles. The molecule has 0 atom stereocenters. The molecule has 0 amide bonds. The van der Waals surface area contributed by atoms with Crippen molar-refractivity contribution in [2.24, 2.45) is 0 Å². The minimum Gasteiger partial charge on any atom is -0.505 e. The molecule has 126 valence electrons. The monoisotopic (exact) mass is 394 g/mol. The largest absolute Gasteiger partial charge is 0.505 e. The summed E-state index contributed by atoms with van der Waals surface area (Å²) in [6.07, 6.45) is 4.47. The zero-order valence-electron chi connectivity index (χ0n) is 14.8. The van der Waals surface area contributed by atoms with Crippen molar-refractivity contribution < 1.29 is 5.11 Å². The van der Waals surface area contributed by atoms with Gasteiger partial charge in [-0.1, -0.05) is 41.5 Å². The van der Waals surface area contributed by atoms with Gasteiger partial charge in [-0.05, 0) is 56.9 Å². The first kappa shape index (κ1) is 18.3. The lowest BCUT2D eigenvalue weighted by molar-refractivity contribution is 0.469. The summed E-state index contributed by atoms with van der Waals surface area (Å²) in [6.45, 7) is 14.2.